The largest absolute Gasteiger partial charge is 0.325 e. The molecule has 2 amide bonds. The quantitative estimate of drug-likeness (QED) is 0.544. The van der Waals surface area contributed by atoms with E-state index in [-0.39, 0.29) is 30.6 Å². The SMILES string of the molecule is Cc1cc(NC(=O)CN2C(=O)CC(c3ccc(F)cc3)=Nc3ccccc32)ccc1Br. The van der Waals surface area contributed by atoms with Crippen LogP contribution in [0.15, 0.2) is 76.2 Å². The number of fused-ring (bicyclic) bond motifs is 1. The van der Waals surface area contributed by atoms with E-state index in [1.54, 1.807) is 36.4 Å². The van der Waals surface area contributed by atoms with Gasteiger partial charge in [0, 0.05) is 10.2 Å². The van der Waals surface area contributed by atoms with Crippen LogP contribution in [0.25, 0.3) is 0 Å². The molecule has 0 aliphatic carbocycles. The number of carbonyl (C=O) groups excluding carboxylic acids is 2. The molecule has 156 valence electrons. The first-order valence-corrected chi connectivity index (χ1v) is 10.5. The number of halogens is 2. The lowest BCUT2D eigenvalue weighted by Crippen LogP contribution is -2.38. The van der Waals surface area contributed by atoms with E-state index in [0.29, 0.717) is 28.3 Å². The zero-order chi connectivity index (χ0) is 22.0. The molecule has 1 heterocycles. The molecule has 1 aliphatic heterocycles. The smallest absolute Gasteiger partial charge is 0.244 e. The van der Waals surface area contributed by atoms with E-state index in [1.807, 2.05) is 25.1 Å². The Hall–Kier alpha value is -3.32. The minimum absolute atomic E-state index is 0.00494. The molecule has 0 radical (unpaired) electrons. The molecule has 0 fully saturated rings. The lowest BCUT2D eigenvalue weighted by Gasteiger charge is -2.22. The zero-order valence-electron chi connectivity index (χ0n) is 16.7. The Kier molecular flexibility index (Phi) is 5.95. The van der Waals surface area contributed by atoms with Gasteiger partial charge in [0.25, 0.3) is 0 Å². The number of nitrogens with zero attached hydrogens (tertiary/aromatic N) is 2. The van der Waals surface area contributed by atoms with Crippen molar-refractivity contribution in [1.29, 1.82) is 0 Å². The number of hydrogen-bond acceptors (Lipinski definition) is 3. The third kappa shape index (κ3) is 4.72. The Morgan fingerprint density at radius 1 is 1.13 bits per heavy atom. The zero-order valence-corrected chi connectivity index (χ0v) is 18.3. The lowest BCUT2D eigenvalue weighted by molar-refractivity contribution is -0.120. The monoisotopic (exact) mass is 479 g/mol. The topological polar surface area (TPSA) is 61.8 Å². The van der Waals surface area contributed by atoms with Gasteiger partial charge in [-0.05, 0) is 60.5 Å². The highest BCUT2D eigenvalue weighted by molar-refractivity contribution is 9.10. The van der Waals surface area contributed by atoms with Crippen molar-refractivity contribution in [3.63, 3.8) is 0 Å². The second-order valence-electron chi connectivity index (χ2n) is 7.22. The molecule has 0 aromatic heterocycles. The van der Waals surface area contributed by atoms with E-state index in [0.717, 1.165) is 10.0 Å². The summed E-state index contributed by atoms with van der Waals surface area (Å²) in [6.45, 7) is 1.79. The number of amides is 2. The Balaban J connectivity index is 1.59. The number of nitrogens with one attached hydrogen (secondary N) is 1. The number of benzene rings is 3. The van der Waals surface area contributed by atoms with Crippen LogP contribution in [0.2, 0.25) is 0 Å². The number of anilines is 2. The van der Waals surface area contributed by atoms with Crippen molar-refractivity contribution in [2.75, 3.05) is 16.8 Å². The molecule has 3 aromatic carbocycles. The van der Waals surface area contributed by atoms with Crippen molar-refractivity contribution in [3.8, 4) is 0 Å². The van der Waals surface area contributed by atoms with Gasteiger partial charge in [0.1, 0.15) is 12.4 Å². The molecular weight excluding hydrogens is 461 g/mol. The molecule has 0 spiro atoms. The predicted molar refractivity (Wildman–Crippen MR) is 124 cm³/mol. The third-order valence-corrected chi connectivity index (χ3v) is 5.86. The standard InChI is InChI=1S/C24H19BrFN3O2/c1-15-12-18(10-11-19(15)25)27-23(30)14-29-22-5-3-2-4-20(22)28-21(13-24(29)31)16-6-8-17(26)9-7-16/h2-12H,13-14H2,1H3,(H,27,30). The van der Waals surface area contributed by atoms with Crippen LogP contribution in [-0.4, -0.2) is 24.1 Å². The van der Waals surface area contributed by atoms with Crippen molar-refractivity contribution in [2.45, 2.75) is 13.3 Å². The molecule has 3 aromatic rings. The first-order valence-electron chi connectivity index (χ1n) is 9.69. The first kappa shape index (κ1) is 20.9. The van der Waals surface area contributed by atoms with Gasteiger partial charge in [0.05, 0.1) is 23.5 Å². The van der Waals surface area contributed by atoms with Crippen molar-refractivity contribution >= 4 is 50.5 Å². The van der Waals surface area contributed by atoms with Gasteiger partial charge in [-0.25, -0.2) is 4.39 Å². The maximum absolute atomic E-state index is 13.3. The van der Waals surface area contributed by atoms with Crippen molar-refractivity contribution in [2.24, 2.45) is 4.99 Å². The van der Waals surface area contributed by atoms with Crippen LogP contribution in [0.1, 0.15) is 17.5 Å². The van der Waals surface area contributed by atoms with Crippen LogP contribution >= 0.6 is 15.9 Å². The van der Waals surface area contributed by atoms with E-state index in [4.69, 9.17) is 0 Å². The molecule has 0 atom stereocenters. The Bertz CT molecular complexity index is 1190. The van der Waals surface area contributed by atoms with Crippen molar-refractivity contribution in [3.05, 3.63) is 88.1 Å². The fourth-order valence-corrected chi connectivity index (χ4v) is 3.64. The Morgan fingerprint density at radius 2 is 1.87 bits per heavy atom. The van der Waals surface area contributed by atoms with Gasteiger partial charge in [-0.2, -0.15) is 0 Å². The van der Waals surface area contributed by atoms with E-state index < -0.39 is 0 Å². The van der Waals surface area contributed by atoms with Gasteiger partial charge in [-0.15, -0.1) is 0 Å². The average Bonchev–Trinajstić information content (AvgIpc) is 2.88. The molecule has 7 heteroatoms. The first-order chi connectivity index (χ1) is 14.9. The fourth-order valence-electron chi connectivity index (χ4n) is 3.39. The van der Waals surface area contributed by atoms with E-state index in [1.165, 1.54) is 17.0 Å². The summed E-state index contributed by atoms with van der Waals surface area (Å²) in [6.07, 6.45) is 0.00494. The minimum Gasteiger partial charge on any atom is -0.325 e. The van der Waals surface area contributed by atoms with Gasteiger partial charge < -0.3 is 10.2 Å². The van der Waals surface area contributed by atoms with Crippen LogP contribution in [0.4, 0.5) is 21.5 Å². The summed E-state index contributed by atoms with van der Waals surface area (Å²) in [7, 11) is 0. The molecule has 1 aliphatic rings. The van der Waals surface area contributed by atoms with E-state index in [9.17, 15) is 14.0 Å². The average molecular weight is 480 g/mol. The summed E-state index contributed by atoms with van der Waals surface area (Å²) in [5, 5.41) is 2.85. The van der Waals surface area contributed by atoms with Crippen molar-refractivity contribution in [1.82, 2.24) is 0 Å². The second-order valence-corrected chi connectivity index (χ2v) is 8.08. The maximum atomic E-state index is 13.3. The number of para-hydroxylation sites is 2. The Morgan fingerprint density at radius 3 is 2.61 bits per heavy atom. The number of aliphatic imine (C=N–C) groups is 1. The van der Waals surface area contributed by atoms with E-state index >= 15 is 0 Å². The molecule has 0 unspecified atom stereocenters. The van der Waals surface area contributed by atoms with E-state index in [2.05, 4.69) is 26.2 Å². The summed E-state index contributed by atoms with van der Waals surface area (Å²) in [4.78, 5) is 31.9. The normalized spacial score (nSPS) is 13.3. The maximum Gasteiger partial charge on any atom is 0.244 e. The summed E-state index contributed by atoms with van der Waals surface area (Å²) in [6, 6.07) is 18.6. The summed E-state index contributed by atoms with van der Waals surface area (Å²) in [5.41, 5.74) is 3.99. The molecule has 0 bridgehead atoms. The Labute approximate surface area is 187 Å². The van der Waals surface area contributed by atoms with Crippen LogP contribution in [0.3, 0.4) is 0 Å². The number of carbonyl (C=O) groups is 2. The van der Waals surface area contributed by atoms with Gasteiger partial charge >= 0.3 is 0 Å². The van der Waals surface area contributed by atoms with Crippen LogP contribution < -0.4 is 10.2 Å². The number of rotatable bonds is 4. The lowest BCUT2D eigenvalue weighted by atomic mass is 10.1. The highest BCUT2D eigenvalue weighted by atomic mass is 79.9. The molecule has 0 saturated carbocycles. The minimum atomic E-state index is -0.355. The van der Waals surface area contributed by atoms with Crippen LogP contribution in [0, 0.1) is 12.7 Å². The van der Waals surface area contributed by atoms with Crippen molar-refractivity contribution < 1.29 is 14.0 Å². The highest BCUT2D eigenvalue weighted by Crippen LogP contribution is 2.33. The molecule has 1 N–H and O–H groups in total. The number of hydrogen-bond donors (Lipinski definition) is 1. The molecular formula is C24H19BrFN3O2. The molecule has 5 nitrogen and oxygen atoms in total. The second kappa shape index (κ2) is 8.81. The van der Waals surface area contributed by atoms with Crippen LogP contribution in [-0.2, 0) is 9.59 Å². The van der Waals surface area contributed by atoms with Gasteiger partial charge in [0.2, 0.25) is 11.8 Å². The summed E-state index contributed by atoms with van der Waals surface area (Å²) >= 11 is 3.44. The van der Waals surface area contributed by atoms with Gasteiger partial charge in [-0.3, -0.25) is 14.6 Å². The predicted octanol–water partition coefficient (Wildman–Crippen LogP) is 5.39. The number of aryl methyl sites for hydroxylation is 1. The van der Waals surface area contributed by atoms with Gasteiger partial charge in [-0.1, -0.05) is 40.2 Å². The fraction of sp³-hybridized carbons (Fsp3) is 0.125. The molecule has 4 rings (SSSR count). The summed E-state index contributed by atoms with van der Waals surface area (Å²) in [5.74, 6) is -0.920. The van der Waals surface area contributed by atoms with Gasteiger partial charge in [0.15, 0.2) is 0 Å². The molecule has 31 heavy (non-hydrogen) atoms. The molecule has 0 saturated heterocycles. The third-order valence-electron chi connectivity index (χ3n) is 4.97. The highest BCUT2D eigenvalue weighted by Gasteiger charge is 2.26. The van der Waals surface area contributed by atoms with Crippen LogP contribution in [0.5, 0.6) is 0 Å². The summed E-state index contributed by atoms with van der Waals surface area (Å²) < 4.78 is 14.3.